The molecule has 0 aromatic heterocycles. The van der Waals surface area contributed by atoms with Crippen LogP contribution in [-0.4, -0.2) is 24.4 Å². The van der Waals surface area contributed by atoms with Gasteiger partial charge in [0.25, 0.3) is 0 Å². The van der Waals surface area contributed by atoms with Crippen LogP contribution in [0.25, 0.3) is 0 Å². The van der Waals surface area contributed by atoms with E-state index < -0.39 is 0 Å². The molecule has 0 spiro atoms. The Morgan fingerprint density at radius 1 is 1.53 bits per heavy atom. The van der Waals surface area contributed by atoms with Crippen LogP contribution in [0.2, 0.25) is 0 Å². The van der Waals surface area contributed by atoms with E-state index in [9.17, 15) is 0 Å². The lowest BCUT2D eigenvalue weighted by molar-refractivity contribution is 0.577. The summed E-state index contributed by atoms with van der Waals surface area (Å²) in [5.74, 6) is 0. The summed E-state index contributed by atoms with van der Waals surface area (Å²) in [6.45, 7) is 4.06. The molecule has 1 unspecified atom stereocenters. The number of thioether (sulfide) groups is 1. The van der Waals surface area contributed by atoms with Gasteiger partial charge in [-0.2, -0.15) is 0 Å². The number of likely N-dealkylation sites (N-methyl/N-ethyl adjacent to an activating group) is 1. The van der Waals surface area contributed by atoms with Crippen LogP contribution in [0.3, 0.4) is 0 Å². The van der Waals surface area contributed by atoms with Crippen molar-refractivity contribution in [1.29, 1.82) is 0 Å². The first-order chi connectivity index (χ1) is 7.38. The van der Waals surface area contributed by atoms with Crippen LogP contribution < -0.4 is 10.2 Å². The van der Waals surface area contributed by atoms with Gasteiger partial charge in [-0.15, -0.1) is 0 Å². The lowest BCUT2D eigenvalue weighted by Gasteiger charge is -2.14. The first kappa shape index (κ1) is 9.24. The van der Waals surface area contributed by atoms with Gasteiger partial charge in [0.15, 0.2) is 5.17 Å². The Kier molecular flexibility index (Phi) is 2.18. The number of hydrogen-bond donors (Lipinski definition) is 1. The molecular weight excluding hydrogens is 206 g/mol. The fraction of sp³-hybridized carbons (Fsp3) is 0.364. The zero-order valence-electron chi connectivity index (χ0n) is 8.60. The molecular formula is C11H13N3S. The number of aliphatic imine (C=N–C) groups is 1. The number of para-hydroxylation sites is 1. The zero-order chi connectivity index (χ0) is 10.3. The van der Waals surface area contributed by atoms with Crippen molar-refractivity contribution in [3.63, 3.8) is 0 Å². The van der Waals surface area contributed by atoms with Crippen LogP contribution in [0.4, 0.5) is 5.69 Å². The van der Waals surface area contributed by atoms with Gasteiger partial charge in [-0.25, -0.2) is 4.99 Å². The number of amidine groups is 1. The third-order valence-corrected chi connectivity index (χ3v) is 3.72. The Morgan fingerprint density at radius 2 is 2.40 bits per heavy atom. The van der Waals surface area contributed by atoms with Crippen LogP contribution in [0.1, 0.15) is 6.92 Å². The van der Waals surface area contributed by atoms with Gasteiger partial charge >= 0.3 is 0 Å². The third kappa shape index (κ3) is 1.44. The van der Waals surface area contributed by atoms with Crippen molar-refractivity contribution in [1.82, 2.24) is 5.32 Å². The van der Waals surface area contributed by atoms with Crippen LogP contribution in [0.5, 0.6) is 0 Å². The Bertz CT molecular complexity index is 416. The Balaban J connectivity index is 1.88. The quantitative estimate of drug-likeness (QED) is 0.823. The van der Waals surface area contributed by atoms with Crippen molar-refractivity contribution in [3.05, 3.63) is 24.3 Å². The molecule has 1 N–H and O–H groups in total. The average Bonchev–Trinajstić information content (AvgIpc) is 2.75. The summed E-state index contributed by atoms with van der Waals surface area (Å²) in [5, 5.41) is 4.50. The highest BCUT2D eigenvalue weighted by molar-refractivity contribution is 8.14. The van der Waals surface area contributed by atoms with Gasteiger partial charge in [0.2, 0.25) is 0 Å². The van der Waals surface area contributed by atoms with Crippen LogP contribution in [0.15, 0.2) is 34.2 Å². The van der Waals surface area contributed by atoms with Gasteiger partial charge in [0, 0.05) is 4.90 Å². The number of hydrogen-bond acceptors (Lipinski definition) is 4. The summed E-state index contributed by atoms with van der Waals surface area (Å²) in [4.78, 5) is 8.27. The van der Waals surface area contributed by atoms with Gasteiger partial charge in [0.1, 0.15) is 6.17 Å². The molecule has 3 rings (SSSR count). The number of fused-ring (bicyclic) bond motifs is 3. The maximum absolute atomic E-state index is 4.65. The third-order valence-electron chi connectivity index (χ3n) is 2.65. The van der Waals surface area contributed by atoms with Crippen molar-refractivity contribution >= 4 is 22.6 Å². The molecule has 0 radical (unpaired) electrons. The summed E-state index contributed by atoms with van der Waals surface area (Å²) >= 11 is 1.77. The molecule has 0 bridgehead atoms. The second-order valence-electron chi connectivity index (χ2n) is 3.67. The Morgan fingerprint density at radius 3 is 3.27 bits per heavy atom. The molecule has 2 aliphatic heterocycles. The van der Waals surface area contributed by atoms with Gasteiger partial charge in [-0.1, -0.05) is 19.1 Å². The smallest absolute Gasteiger partial charge is 0.170 e. The molecule has 0 saturated heterocycles. The van der Waals surface area contributed by atoms with Gasteiger partial charge in [-0.3, -0.25) is 5.32 Å². The molecule has 0 amide bonds. The molecule has 1 aromatic carbocycles. The van der Waals surface area contributed by atoms with Crippen LogP contribution >= 0.6 is 11.8 Å². The first-order valence-corrected chi connectivity index (χ1v) is 6.05. The molecule has 3 nitrogen and oxygen atoms in total. The lowest BCUT2D eigenvalue weighted by atomic mass is 10.3. The Hall–Kier alpha value is -1.00. The topological polar surface area (TPSA) is 27.6 Å². The maximum Gasteiger partial charge on any atom is 0.170 e. The molecule has 2 heterocycles. The minimum atomic E-state index is 0.269. The van der Waals surface area contributed by atoms with Crippen LogP contribution in [-0.2, 0) is 0 Å². The fourth-order valence-corrected chi connectivity index (χ4v) is 3.08. The predicted octanol–water partition coefficient (Wildman–Crippen LogP) is 1.90. The molecule has 0 saturated carbocycles. The lowest BCUT2D eigenvalue weighted by Crippen LogP contribution is -2.33. The van der Waals surface area contributed by atoms with E-state index in [4.69, 9.17) is 0 Å². The van der Waals surface area contributed by atoms with E-state index >= 15 is 0 Å². The largest absolute Gasteiger partial charge is 0.316 e. The van der Waals surface area contributed by atoms with E-state index in [0.29, 0.717) is 0 Å². The van der Waals surface area contributed by atoms with Crippen molar-refractivity contribution < 1.29 is 0 Å². The summed E-state index contributed by atoms with van der Waals surface area (Å²) in [6, 6.07) is 8.49. The normalized spacial score (nSPS) is 22.6. The minimum absolute atomic E-state index is 0.269. The summed E-state index contributed by atoms with van der Waals surface area (Å²) in [7, 11) is 0. The van der Waals surface area contributed by atoms with Crippen molar-refractivity contribution in [2.45, 2.75) is 18.0 Å². The molecule has 0 fully saturated rings. The van der Waals surface area contributed by atoms with Gasteiger partial charge < -0.3 is 4.90 Å². The van der Waals surface area contributed by atoms with Crippen molar-refractivity contribution in [2.75, 3.05) is 18.0 Å². The second-order valence-corrected chi connectivity index (χ2v) is 4.67. The predicted molar refractivity (Wildman–Crippen MR) is 64.5 cm³/mol. The average molecular weight is 219 g/mol. The summed E-state index contributed by atoms with van der Waals surface area (Å²) in [6.07, 6.45) is 0.269. The number of nitrogens with one attached hydrogen (secondary N) is 1. The summed E-state index contributed by atoms with van der Waals surface area (Å²) < 4.78 is 0. The molecule has 0 aliphatic carbocycles. The SMILES string of the molecule is CCNC1CN2C(=N1)Sc1ccccc12. The number of rotatable bonds is 2. The molecule has 2 aliphatic rings. The van der Waals surface area contributed by atoms with Gasteiger partial charge in [0.05, 0.1) is 12.2 Å². The summed E-state index contributed by atoms with van der Waals surface area (Å²) in [5.41, 5.74) is 1.31. The molecule has 1 aromatic rings. The number of benzene rings is 1. The molecule has 4 heteroatoms. The number of anilines is 1. The monoisotopic (exact) mass is 219 g/mol. The van der Waals surface area contributed by atoms with E-state index in [0.717, 1.165) is 18.3 Å². The molecule has 1 atom stereocenters. The number of nitrogens with zero attached hydrogens (tertiary/aromatic N) is 2. The second kappa shape index (κ2) is 3.54. The van der Waals surface area contributed by atoms with Crippen molar-refractivity contribution in [3.8, 4) is 0 Å². The standard InChI is InChI=1S/C11H13N3S/c1-2-12-10-7-14-8-5-3-4-6-9(8)15-11(14)13-10/h3-6,10,12H,2,7H2,1H3. The van der Waals surface area contributed by atoms with E-state index in [2.05, 4.69) is 46.4 Å². The van der Waals surface area contributed by atoms with Crippen molar-refractivity contribution in [2.24, 2.45) is 4.99 Å². The molecule has 15 heavy (non-hydrogen) atoms. The zero-order valence-corrected chi connectivity index (χ0v) is 9.42. The van der Waals surface area contributed by atoms with E-state index in [-0.39, 0.29) is 6.17 Å². The fourth-order valence-electron chi connectivity index (χ4n) is 1.99. The van der Waals surface area contributed by atoms with E-state index in [1.807, 2.05) is 0 Å². The first-order valence-electron chi connectivity index (χ1n) is 5.24. The minimum Gasteiger partial charge on any atom is -0.316 e. The highest BCUT2D eigenvalue weighted by Gasteiger charge is 2.33. The highest BCUT2D eigenvalue weighted by atomic mass is 32.2. The van der Waals surface area contributed by atoms with Gasteiger partial charge in [-0.05, 0) is 30.4 Å². The van der Waals surface area contributed by atoms with Crippen LogP contribution in [0, 0.1) is 0 Å². The Labute approximate surface area is 93.6 Å². The highest BCUT2D eigenvalue weighted by Crippen LogP contribution is 2.42. The van der Waals surface area contributed by atoms with E-state index in [1.54, 1.807) is 11.8 Å². The molecule has 78 valence electrons. The van der Waals surface area contributed by atoms with E-state index in [1.165, 1.54) is 10.6 Å². The maximum atomic E-state index is 4.65.